The van der Waals surface area contributed by atoms with Crippen molar-refractivity contribution < 1.29 is 19.0 Å². The van der Waals surface area contributed by atoms with Crippen molar-refractivity contribution in [1.29, 1.82) is 0 Å². The molecule has 0 radical (unpaired) electrons. The lowest BCUT2D eigenvalue weighted by Crippen LogP contribution is -2.15. The van der Waals surface area contributed by atoms with Gasteiger partial charge in [0, 0.05) is 25.2 Å². The van der Waals surface area contributed by atoms with Crippen LogP contribution in [0.25, 0.3) is 0 Å². The van der Waals surface area contributed by atoms with Crippen molar-refractivity contribution >= 4 is 11.6 Å². The summed E-state index contributed by atoms with van der Waals surface area (Å²) >= 11 is 5.92. The van der Waals surface area contributed by atoms with Crippen molar-refractivity contribution in [1.82, 2.24) is 0 Å². The zero-order valence-electron chi connectivity index (χ0n) is 10.4. The van der Waals surface area contributed by atoms with Crippen LogP contribution in [0.5, 0.6) is 0 Å². The Morgan fingerprint density at radius 2 is 2.11 bits per heavy atom. The maximum absolute atomic E-state index is 13.0. The number of methoxy groups -OCH3 is 1. The second-order valence-corrected chi connectivity index (χ2v) is 4.39. The highest BCUT2D eigenvalue weighted by molar-refractivity contribution is 6.31. The highest BCUT2D eigenvalue weighted by atomic mass is 35.5. The van der Waals surface area contributed by atoms with E-state index in [1.807, 2.05) is 0 Å². The molecule has 1 N–H and O–H groups in total. The summed E-state index contributed by atoms with van der Waals surface area (Å²) in [7, 11) is 1.60. The standard InChI is InChI=1S/C13H18ClFO3/c1-17-6-7-18-5-4-12(16)9-10-8-11(15)2-3-13(10)14/h2-3,8,12,16H,4-7,9H2,1H3. The molecule has 1 unspecified atom stereocenters. The number of ether oxygens (including phenoxy) is 2. The fourth-order valence-electron chi connectivity index (χ4n) is 1.52. The molecule has 0 aliphatic carbocycles. The van der Waals surface area contributed by atoms with E-state index >= 15 is 0 Å². The highest BCUT2D eigenvalue weighted by Gasteiger charge is 2.09. The van der Waals surface area contributed by atoms with Crippen LogP contribution in [-0.4, -0.2) is 38.1 Å². The molecule has 0 saturated carbocycles. The van der Waals surface area contributed by atoms with Crippen molar-refractivity contribution in [2.45, 2.75) is 18.9 Å². The molecule has 0 amide bonds. The minimum absolute atomic E-state index is 0.324. The molecule has 0 aliphatic rings. The normalized spacial score (nSPS) is 12.7. The van der Waals surface area contributed by atoms with E-state index in [1.54, 1.807) is 7.11 Å². The molecule has 3 nitrogen and oxygen atoms in total. The summed E-state index contributed by atoms with van der Waals surface area (Å²) in [6.45, 7) is 1.48. The van der Waals surface area contributed by atoms with Gasteiger partial charge < -0.3 is 14.6 Å². The summed E-state index contributed by atoms with van der Waals surface area (Å²) < 4.78 is 23.1. The Morgan fingerprint density at radius 3 is 2.83 bits per heavy atom. The quantitative estimate of drug-likeness (QED) is 0.741. The fourth-order valence-corrected chi connectivity index (χ4v) is 1.71. The van der Waals surface area contributed by atoms with Crippen LogP contribution in [-0.2, 0) is 15.9 Å². The Morgan fingerprint density at radius 1 is 1.33 bits per heavy atom. The second-order valence-electron chi connectivity index (χ2n) is 3.99. The first-order chi connectivity index (χ1) is 8.63. The third-order valence-electron chi connectivity index (χ3n) is 2.49. The molecule has 0 spiro atoms. The first kappa shape index (κ1) is 15.4. The van der Waals surface area contributed by atoms with E-state index in [0.717, 1.165) is 0 Å². The van der Waals surface area contributed by atoms with E-state index in [4.69, 9.17) is 21.1 Å². The number of rotatable bonds is 8. The number of benzene rings is 1. The van der Waals surface area contributed by atoms with Crippen LogP contribution in [0, 0.1) is 5.82 Å². The van der Waals surface area contributed by atoms with Crippen molar-refractivity contribution in [3.05, 3.63) is 34.6 Å². The lowest BCUT2D eigenvalue weighted by molar-refractivity contribution is 0.0479. The molecule has 1 atom stereocenters. The fraction of sp³-hybridized carbons (Fsp3) is 0.538. The number of aliphatic hydroxyl groups excluding tert-OH is 1. The molecule has 0 bridgehead atoms. The van der Waals surface area contributed by atoms with E-state index < -0.39 is 6.10 Å². The van der Waals surface area contributed by atoms with Crippen LogP contribution in [0.2, 0.25) is 5.02 Å². The van der Waals surface area contributed by atoms with Gasteiger partial charge in [0.05, 0.1) is 19.3 Å². The lowest BCUT2D eigenvalue weighted by atomic mass is 10.1. The highest BCUT2D eigenvalue weighted by Crippen LogP contribution is 2.19. The number of aliphatic hydroxyl groups is 1. The van der Waals surface area contributed by atoms with E-state index in [2.05, 4.69) is 0 Å². The van der Waals surface area contributed by atoms with Gasteiger partial charge >= 0.3 is 0 Å². The summed E-state index contributed by atoms with van der Waals surface area (Å²) in [6, 6.07) is 4.14. The maximum Gasteiger partial charge on any atom is 0.123 e. The van der Waals surface area contributed by atoms with E-state index in [1.165, 1.54) is 18.2 Å². The summed E-state index contributed by atoms with van der Waals surface area (Å²) in [5, 5.41) is 10.3. The van der Waals surface area contributed by atoms with Gasteiger partial charge in [0.15, 0.2) is 0 Å². The molecule has 102 valence electrons. The first-order valence-corrected chi connectivity index (χ1v) is 6.20. The number of hydrogen-bond acceptors (Lipinski definition) is 3. The Bertz CT molecular complexity index is 360. The van der Waals surface area contributed by atoms with Crippen LogP contribution in [0.4, 0.5) is 4.39 Å². The molecule has 1 aromatic rings. The molecular formula is C13H18ClFO3. The van der Waals surface area contributed by atoms with Gasteiger partial charge in [-0.1, -0.05) is 11.6 Å². The molecule has 0 heterocycles. The van der Waals surface area contributed by atoms with Gasteiger partial charge in [-0.2, -0.15) is 0 Å². The molecule has 0 saturated heterocycles. The molecule has 5 heteroatoms. The van der Waals surface area contributed by atoms with Crippen LogP contribution in [0.3, 0.4) is 0 Å². The Kier molecular flexibility index (Phi) is 7.20. The SMILES string of the molecule is COCCOCCC(O)Cc1cc(F)ccc1Cl. The zero-order chi connectivity index (χ0) is 13.4. The summed E-state index contributed by atoms with van der Waals surface area (Å²) in [6.07, 6.45) is 0.215. The van der Waals surface area contributed by atoms with Crippen molar-refractivity contribution in [3.63, 3.8) is 0 Å². The van der Waals surface area contributed by atoms with Gasteiger partial charge in [-0.3, -0.25) is 0 Å². The predicted molar refractivity (Wildman–Crippen MR) is 68.4 cm³/mol. The lowest BCUT2D eigenvalue weighted by Gasteiger charge is -2.12. The number of hydrogen-bond donors (Lipinski definition) is 1. The number of halogens is 2. The third kappa shape index (κ3) is 5.78. The molecule has 0 aliphatic heterocycles. The Labute approximate surface area is 111 Å². The topological polar surface area (TPSA) is 38.7 Å². The van der Waals surface area contributed by atoms with E-state index in [-0.39, 0.29) is 5.82 Å². The predicted octanol–water partition coefficient (Wildman–Crippen LogP) is 2.44. The molecule has 0 fully saturated rings. The molecular weight excluding hydrogens is 259 g/mol. The van der Waals surface area contributed by atoms with Crippen LogP contribution >= 0.6 is 11.6 Å². The Balaban J connectivity index is 2.30. The van der Waals surface area contributed by atoms with Crippen molar-refractivity contribution in [3.8, 4) is 0 Å². The van der Waals surface area contributed by atoms with Gasteiger partial charge in [0.25, 0.3) is 0 Å². The van der Waals surface area contributed by atoms with E-state index in [9.17, 15) is 9.50 Å². The summed E-state index contributed by atoms with van der Waals surface area (Å²) in [5.41, 5.74) is 0.612. The zero-order valence-corrected chi connectivity index (χ0v) is 11.1. The monoisotopic (exact) mass is 276 g/mol. The average molecular weight is 277 g/mol. The largest absolute Gasteiger partial charge is 0.393 e. The maximum atomic E-state index is 13.0. The van der Waals surface area contributed by atoms with Gasteiger partial charge in [-0.15, -0.1) is 0 Å². The van der Waals surface area contributed by atoms with Crippen LogP contribution in [0.1, 0.15) is 12.0 Å². The molecule has 0 aromatic heterocycles. The van der Waals surface area contributed by atoms with Crippen molar-refractivity contribution in [2.24, 2.45) is 0 Å². The minimum Gasteiger partial charge on any atom is -0.393 e. The Hall–Kier alpha value is -0.680. The minimum atomic E-state index is -0.591. The van der Waals surface area contributed by atoms with Gasteiger partial charge in [0.2, 0.25) is 0 Å². The van der Waals surface area contributed by atoms with Gasteiger partial charge in [-0.05, 0) is 30.2 Å². The van der Waals surface area contributed by atoms with E-state index in [0.29, 0.717) is 43.2 Å². The third-order valence-corrected chi connectivity index (χ3v) is 2.86. The first-order valence-electron chi connectivity index (χ1n) is 5.82. The van der Waals surface area contributed by atoms with Gasteiger partial charge in [0.1, 0.15) is 5.82 Å². The van der Waals surface area contributed by atoms with Crippen LogP contribution in [0.15, 0.2) is 18.2 Å². The smallest absolute Gasteiger partial charge is 0.123 e. The molecule has 1 rings (SSSR count). The molecule has 1 aromatic carbocycles. The van der Waals surface area contributed by atoms with Crippen molar-refractivity contribution in [2.75, 3.05) is 26.9 Å². The second kappa shape index (κ2) is 8.43. The average Bonchev–Trinajstić information content (AvgIpc) is 2.33. The summed E-state index contributed by atoms with van der Waals surface area (Å²) in [5.74, 6) is -0.349. The summed E-state index contributed by atoms with van der Waals surface area (Å²) in [4.78, 5) is 0. The van der Waals surface area contributed by atoms with Gasteiger partial charge in [-0.25, -0.2) is 4.39 Å². The van der Waals surface area contributed by atoms with Crippen LogP contribution < -0.4 is 0 Å². The molecule has 18 heavy (non-hydrogen) atoms.